The van der Waals surface area contributed by atoms with Gasteiger partial charge < -0.3 is 4.90 Å². The van der Waals surface area contributed by atoms with Crippen LogP contribution in [0.15, 0.2) is 29.2 Å². The molecule has 0 N–H and O–H groups in total. The van der Waals surface area contributed by atoms with Crippen LogP contribution < -0.4 is 4.90 Å². The van der Waals surface area contributed by atoms with E-state index in [1.165, 1.54) is 24.3 Å². The number of halogens is 2. The molecule has 1 aliphatic heterocycles. The number of anilines is 1. The number of carbonyl (C=O) groups excluding carboxylic acids is 1. The molecule has 23 heavy (non-hydrogen) atoms. The molecular weight excluding hydrogens is 326 g/mol. The van der Waals surface area contributed by atoms with E-state index in [-0.39, 0.29) is 10.8 Å². The van der Waals surface area contributed by atoms with Crippen molar-refractivity contribution < 1.29 is 22.0 Å². The fourth-order valence-electron chi connectivity index (χ4n) is 2.58. The third kappa shape index (κ3) is 3.87. The van der Waals surface area contributed by atoms with Crippen molar-refractivity contribution in [3.63, 3.8) is 0 Å². The average molecular weight is 346 g/mol. The van der Waals surface area contributed by atoms with Gasteiger partial charge in [0.25, 0.3) is 6.43 Å². The molecule has 0 aromatic heterocycles. The van der Waals surface area contributed by atoms with Crippen molar-refractivity contribution in [2.75, 3.05) is 18.0 Å². The number of sulfonamides is 1. The molecule has 1 aliphatic rings. The minimum Gasteiger partial charge on any atom is -0.312 e. The zero-order valence-corrected chi connectivity index (χ0v) is 13.9. The first-order valence-electron chi connectivity index (χ1n) is 7.44. The summed E-state index contributed by atoms with van der Waals surface area (Å²) < 4.78 is 51.1. The normalized spacial score (nSPS) is 16.1. The lowest BCUT2D eigenvalue weighted by atomic mass is 10.3. The second-order valence-corrected chi connectivity index (χ2v) is 7.59. The molecule has 0 unspecified atom stereocenters. The van der Waals surface area contributed by atoms with E-state index in [1.807, 2.05) is 0 Å². The number of nitrogens with zero attached hydrogens (tertiary/aromatic N) is 2. The maximum atomic E-state index is 12.7. The van der Waals surface area contributed by atoms with Gasteiger partial charge in [-0.15, -0.1) is 0 Å². The van der Waals surface area contributed by atoms with Crippen molar-refractivity contribution in [1.29, 1.82) is 0 Å². The van der Waals surface area contributed by atoms with Crippen LogP contribution in [0.2, 0.25) is 0 Å². The number of hydrogen-bond acceptors (Lipinski definition) is 3. The van der Waals surface area contributed by atoms with Crippen molar-refractivity contribution in [3.8, 4) is 0 Å². The van der Waals surface area contributed by atoms with Gasteiger partial charge in [0.1, 0.15) is 0 Å². The third-order valence-electron chi connectivity index (χ3n) is 3.72. The van der Waals surface area contributed by atoms with Gasteiger partial charge in [0, 0.05) is 24.7 Å². The molecule has 1 aromatic rings. The van der Waals surface area contributed by atoms with Gasteiger partial charge in [-0.2, -0.15) is 4.31 Å². The van der Waals surface area contributed by atoms with Gasteiger partial charge in [-0.25, -0.2) is 17.2 Å². The summed E-state index contributed by atoms with van der Waals surface area (Å²) in [7, 11) is -4.00. The average Bonchev–Trinajstić information content (AvgIpc) is 2.90. The topological polar surface area (TPSA) is 57.7 Å². The minimum atomic E-state index is -4.00. The molecule has 1 aromatic carbocycles. The highest BCUT2D eigenvalue weighted by molar-refractivity contribution is 7.89. The Morgan fingerprint density at radius 3 is 2.26 bits per heavy atom. The predicted octanol–water partition coefficient (Wildman–Crippen LogP) is 2.48. The fraction of sp³-hybridized carbons (Fsp3) is 0.533. The SMILES string of the molecule is CC(C)N(CC(F)F)S(=O)(=O)c1ccc(N2CCCC2=O)cc1. The van der Waals surface area contributed by atoms with Crippen LogP contribution in [0.1, 0.15) is 26.7 Å². The van der Waals surface area contributed by atoms with Crippen molar-refractivity contribution in [3.05, 3.63) is 24.3 Å². The second-order valence-electron chi connectivity index (χ2n) is 5.70. The first-order chi connectivity index (χ1) is 10.7. The summed E-state index contributed by atoms with van der Waals surface area (Å²) in [6.07, 6.45) is -1.49. The molecule has 1 saturated heterocycles. The Bertz CT molecular complexity index is 660. The molecule has 1 fully saturated rings. The van der Waals surface area contributed by atoms with Gasteiger partial charge in [0.05, 0.1) is 11.4 Å². The molecule has 0 atom stereocenters. The van der Waals surface area contributed by atoms with Crippen molar-refractivity contribution in [1.82, 2.24) is 4.31 Å². The molecular formula is C15H20F2N2O3S. The Balaban J connectivity index is 2.27. The molecule has 1 amide bonds. The lowest BCUT2D eigenvalue weighted by Gasteiger charge is -2.25. The Morgan fingerprint density at radius 2 is 1.83 bits per heavy atom. The largest absolute Gasteiger partial charge is 0.312 e. The van der Waals surface area contributed by atoms with Crippen LogP contribution in [0.4, 0.5) is 14.5 Å². The van der Waals surface area contributed by atoms with Crippen molar-refractivity contribution in [2.45, 2.75) is 44.1 Å². The second kappa shape index (κ2) is 6.92. The van der Waals surface area contributed by atoms with Crippen LogP contribution in [-0.2, 0) is 14.8 Å². The summed E-state index contributed by atoms with van der Waals surface area (Å²) in [5.41, 5.74) is 0.622. The highest BCUT2D eigenvalue weighted by Gasteiger charge is 2.30. The van der Waals surface area contributed by atoms with Gasteiger partial charge in [-0.05, 0) is 44.5 Å². The van der Waals surface area contributed by atoms with Gasteiger partial charge in [-0.1, -0.05) is 0 Å². The van der Waals surface area contributed by atoms with Gasteiger partial charge in [0.2, 0.25) is 15.9 Å². The van der Waals surface area contributed by atoms with Gasteiger partial charge in [0.15, 0.2) is 0 Å². The summed E-state index contributed by atoms with van der Waals surface area (Å²) in [5, 5.41) is 0. The fourth-order valence-corrected chi connectivity index (χ4v) is 4.19. The van der Waals surface area contributed by atoms with Crippen LogP contribution in [0.25, 0.3) is 0 Å². The van der Waals surface area contributed by atoms with Crippen LogP contribution in [-0.4, -0.2) is 44.2 Å². The van der Waals surface area contributed by atoms with E-state index in [2.05, 4.69) is 0 Å². The maximum absolute atomic E-state index is 12.7. The zero-order valence-electron chi connectivity index (χ0n) is 13.1. The molecule has 128 valence electrons. The number of carbonyl (C=O) groups is 1. The first-order valence-corrected chi connectivity index (χ1v) is 8.88. The molecule has 0 aliphatic carbocycles. The monoisotopic (exact) mass is 346 g/mol. The highest BCUT2D eigenvalue weighted by Crippen LogP contribution is 2.25. The number of benzene rings is 1. The molecule has 1 heterocycles. The Hall–Kier alpha value is -1.54. The molecule has 5 nitrogen and oxygen atoms in total. The third-order valence-corrected chi connectivity index (χ3v) is 5.78. The minimum absolute atomic E-state index is 0.00196. The lowest BCUT2D eigenvalue weighted by Crippen LogP contribution is -2.40. The first kappa shape index (κ1) is 17.8. The summed E-state index contributed by atoms with van der Waals surface area (Å²) in [4.78, 5) is 13.2. The number of hydrogen-bond donors (Lipinski definition) is 0. The van der Waals surface area contributed by atoms with Gasteiger partial charge >= 0.3 is 0 Å². The van der Waals surface area contributed by atoms with E-state index in [0.717, 1.165) is 10.7 Å². The maximum Gasteiger partial charge on any atom is 0.252 e. The van der Waals surface area contributed by atoms with Crippen molar-refractivity contribution in [2.24, 2.45) is 0 Å². The molecule has 2 rings (SSSR count). The van der Waals surface area contributed by atoms with E-state index >= 15 is 0 Å². The smallest absolute Gasteiger partial charge is 0.252 e. The van der Waals surface area contributed by atoms with E-state index < -0.39 is 29.0 Å². The Kier molecular flexibility index (Phi) is 5.36. The lowest BCUT2D eigenvalue weighted by molar-refractivity contribution is -0.117. The molecule has 8 heteroatoms. The van der Waals surface area contributed by atoms with E-state index in [4.69, 9.17) is 0 Å². The Labute approximate surface area is 134 Å². The van der Waals surface area contributed by atoms with Crippen LogP contribution in [0.5, 0.6) is 0 Å². The summed E-state index contributed by atoms with van der Waals surface area (Å²) in [6.45, 7) is 2.87. The molecule has 0 saturated carbocycles. The van der Waals surface area contributed by atoms with Crippen LogP contribution >= 0.6 is 0 Å². The molecule has 0 spiro atoms. The van der Waals surface area contributed by atoms with E-state index in [0.29, 0.717) is 18.7 Å². The Morgan fingerprint density at radius 1 is 1.22 bits per heavy atom. The number of rotatable bonds is 6. The number of alkyl halides is 2. The quantitative estimate of drug-likeness (QED) is 0.795. The van der Waals surface area contributed by atoms with E-state index in [9.17, 15) is 22.0 Å². The van der Waals surface area contributed by atoms with Gasteiger partial charge in [-0.3, -0.25) is 4.79 Å². The standard InChI is InChI=1S/C15H20F2N2O3S/c1-11(2)19(10-14(16)17)23(21,22)13-7-5-12(6-8-13)18-9-3-4-15(18)20/h5-8,11,14H,3-4,9-10H2,1-2H3. The molecule has 0 radical (unpaired) electrons. The van der Waals surface area contributed by atoms with E-state index in [1.54, 1.807) is 18.7 Å². The summed E-state index contributed by atoms with van der Waals surface area (Å²) >= 11 is 0. The molecule has 0 bridgehead atoms. The zero-order chi connectivity index (χ0) is 17.2. The van der Waals surface area contributed by atoms with Crippen molar-refractivity contribution >= 4 is 21.6 Å². The highest BCUT2D eigenvalue weighted by atomic mass is 32.2. The summed E-state index contributed by atoms with van der Waals surface area (Å²) in [6, 6.07) is 5.22. The predicted molar refractivity (Wildman–Crippen MR) is 83.1 cm³/mol. The number of amides is 1. The summed E-state index contributed by atoms with van der Waals surface area (Å²) in [5.74, 6) is 0.00196. The van der Waals surface area contributed by atoms with Crippen LogP contribution in [0, 0.1) is 0 Å². The van der Waals surface area contributed by atoms with Crippen LogP contribution in [0.3, 0.4) is 0 Å².